The highest BCUT2D eigenvalue weighted by molar-refractivity contribution is 7.85. The van der Waals surface area contributed by atoms with Gasteiger partial charge in [0.15, 0.2) is 0 Å². The molecule has 0 aromatic heterocycles. The van der Waals surface area contributed by atoms with Gasteiger partial charge >= 0.3 is 0 Å². The van der Waals surface area contributed by atoms with Crippen LogP contribution in [-0.4, -0.2) is 9.96 Å². The summed E-state index contributed by atoms with van der Waals surface area (Å²) >= 11 is 0. The van der Waals surface area contributed by atoms with Gasteiger partial charge < -0.3 is 0 Å². The SMILES string of the molecule is CC1(C)C=C(c2ccccc2)c2ccccc2S(=O)C1. The standard InChI is InChI=1S/C18H18OS/c1-18(2)12-16(14-8-4-3-5-9-14)15-10-6-7-11-17(15)20(19)13-18/h3-12H,13H2,1-2H3. The second-order valence-electron chi connectivity index (χ2n) is 5.90. The number of hydrogen-bond acceptors (Lipinski definition) is 1. The van der Waals surface area contributed by atoms with E-state index in [1.807, 2.05) is 36.4 Å². The van der Waals surface area contributed by atoms with Gasteiger partial charge in [-0.15, -0.1) is 0 Å². The fourth-order valence-electron chi connectivity index (χ4n) is 2.67. The van der Waals surface area contributed by atoms with Crippen molar-refractivity contribution in [3.63, 3.8) is 0 Å². The Morgan fingerprint density at radius 3 is 2.35 bits per heavy atom. The van der Waals surface area contributed by atoms with Crippen LogP contribution < -0.4 is 0 Å². The minimum absolute atomic E-state index is 0.0743. The van der Waals surface area contributed by atoms with Gasteiger partial charge in [-0.2, -0.15) is 0 Å². The van der Waals surface area contributed by atoms with E-state index in [1.165, 1.54) is 11.1 Å². The highest BCUT2D eigenvalue weighted by Crippen LogP contribution is 2.37. The number of rotatable bonds is 1. The van der Waals surface area contributed by atoms with E-state index >= 15 is 0 Å². The molecule has 0 N–H and O–H groups in total. The molecule has 2 heteroatoms. The Labute approximate surface area is 122 Å². The van der Waals surface area contributed by atoms with E-state index in [1.54, 1.807) is 0 Å². The van der Waals surface area contributed by atoms with E-state index in [-0.39, 0.29) is 5.41 Å². The molecule has 0 saturated heterocycles. The Bertz CT molecular complexity index is 684. The van der Waals surface area contributed by atoms with Gasteiger partial charge in [0, 0.05) is 10.6 Å². The molecule has 20 heavy (non-hydrogen) atoms. The lowest BCUT2D eigenvalue weighted by atomic mass is 9.88. The summed E-state index contributed by atoms with van der Waals surface area (Å²) in [5.74, 6) is 0.667. The van der Waals surface area contributed by atoms with E-state index in [0.29, 0.717) is 5.75 Å². The third kappa shape index (κ3) is 2.48. The fraction of sp³-hybridized carbons (Fsp3) is 0.222. The smallest absolute Gasteiger partial charge is 0.0544 e. The minimum atomic E-state index is -0.948. The Morgan fingerprint density at radius 2 is 1.60 bits per heavy atom. The van der Waals surface area contributed by atoms with Crippen LogP contribution in [0.25, 0.3) is 5.57 Å². The zero-order valence-electron chi connectivity index (χ0n) is 11.8. The van der Waals surface area contributed by atoms with Crippen LogP contribution in [0.5, 0.6) is 0 Å². The van der Waals surface area contributed by atoms with Crippen LogP contribution in [0.15, 0.2) is 65.6 Å². The first kappa shape index (κ1) is 13.3. The zero-order chi connectivity index (χ0) is 14.2. The molecule has 0 saturated carbocycles. The summed E-state index contributed by atoms with van der Waals surface area (Å²) < 4.78 is 12.6. The van der Waals surface area contributed by atoms with Crippen LogP contribution in [0.4, 0.5) is 0 Å². The van der Waals surface area contributed by atoms with Crippen molar-refractivity contribution in [1.82, 2.24) is 0 Å². The number of allylic oxidation sites excluding steroid dienone is 1. The van der Waals surface area contributed by atoms with E-state index in [2.05, 4.69) is 38.1 Å². The molecule has 1 nitrogen and oxygen atoms in total. The highest BCUT2D eigenvalue weighted by atomic mass is 32.2. The lowest BCUT2D eigenvalue weighted by Gasteiger charge is -2.18. The predicted octanol–water partition coefficient (Wildman–Crippen LogP) is 4.27. The number of benzene rings is 2. The first-order valence-electron chi connectivity index (χ1n) is 6.83. The van der Waals surface area contributed by atoms with Gasteiger partial charge in [-0.3, -0.25) is 4.21 Å². The molecule has 102 valence electrons. The van der Waals surface area contributed by atoms with Crippen molar-refractivity contribution in [2.75, 3.05) is 5.75 Å². The summed E-state index contributed by atoms with van der Waals surface area (Å²) in [6.45, 7) is 4.30. The van der Waals surface area contributed by atoms with Crippen LogP contribution in [0.2, 0.25) is 0 Å². The van der Waals surface area contributed by atoms with Crippen molar-refractivity contribution in [2.24, 2.45) is 5.41 Å². The Kier molecular flexibility index (Phi) is 3.35. The monoisotopic (exact) mass is 282 g/mol. The fourth-order valence-corrected chi connectivity index (χ4v) is 4.24. The van der Waals surface area contributed by atoms with Crippen molar-refractivity contribution in [1.29, 1.82) is 0 Å². The van der Waals surface area contributed by atoms with Crippen molar-refractivity contribution < 1.29 is 4.21 Å². The van der Waals surface area contributed by atoms with Gasteiger partial charge in [0.25, 0.3) is 0 Å². The molecule has 0 fully saturated rings. The molecule has 1 aliphatic heterocycles. The van der Waals surface area contributed by atoms with E-state index in [0.717, 1.165) is 10.5 Å². The van der Waals surface area contributed by atoms with Gasteiger partial charge in [-0.05, 0) is 28.2 Å². The van der Waals surface area contributed by atoms with Crippen molar-refractivity contribution >= 4 is 16.4 Å². The quantitative estimate of drug-likeness (QED) is 0.763. The van der Waals surface area contributed by atoms with Crippen molar-refractivity contribution in [2.45, 2.75) is 18.7 Å². The van der Waals surface area contributed by atoms with E-state index in [4.69, 9.17) is 0 Å². The lowest BCUT2D eigenvalue weighted by Crippen LogP contribution is -2.16. The molecule has 1 unspecified atom stereocenters. The maximum absolute atomic E-state index is 12.6. The lowest BCUT2D eigenvalue weighted by molar-refractivity contribution is 0.548. The Balaban J connectivity index is 2.26. The molecule has 1 atom stereocenters. The van der Waals surface area contributed by atoms with Gasteiger partial charge in [0.2, 0.25) is 0 Å². The molecular weight excluding hydrogens is 264 g/mol. The van der Waals surface area contributed by atoms with Gasteiger partial charge in [-0.1, -0.05) is 68.5 Å². The number of fused-ring (bicyclic) bond motifs is 1. The summed E-state index contributed by atoms with van der Waals surface area (Å²) in [6.07, 6.45) is 2.27. The van der Waals surface area contributed by atoms with Crippen molar-refractivity contribution in [3.05, 3.63) is 71.8 Å². The number of hydrogen-bond donors (Lipinski definition) is 0. The van der Waals surface area contributed by atoms with Crippen LogP contribution in [0.1, 0.15) is 25.0 Å². The molecular formula is C18H18OS. The molecule has 2 aromatic rings. The first-order chi connectivity index (χ1) is 9.57. The zero-order valence-corrected chi connectivity index (χ0v) is 12.6. The van der Waals surface area contributed by atoms with Gasteiger partial charge in [-0.25, -0.2) is 0 Å². The maximum atomic E-state index is 12.6. The molecule has 0 aliphatic carbocycles. The molecule has 3 rings (SSSR count). The van der Waals surface area contributed by atoms with Crippen LogP contribution in [-0.2, 0) is 10.8 Å². The molecule has 0 amide bonds. The Morgan fingerprint density at radius 1 is 0.950 bits per heavy atom. The van der Waals surface area contributed by atoms with E-state index in [9.17, 15) is 4.21 Å². The third-order valence-electron chi connectivity index (χ3n) is 3.55. The average molecular weight is 282 g/mol. The molecule has 1 aliphatic rings. The second kappa shape index (κ2) is 5.02. The maximum Gasteiger partial charge on any atom is 0.0544 e. The summed E-state index contributed by atoms with van der Waals surface area (Å²) in [4.78, 5) is 0.952. The topological polar surface area (TPSA) is 17.1 Å². The minimum Gasteiger partial charge on any atom is -0.254 e. The third-order valence-corrected chi connectivity index (χ3v) is 5.40. The molecule has 1 heterocycles. The van der Waals surface area contributed by atoms with Gasteiger partial charge in [0.1, 0.15) is 0 Å². The Hall–Kier alpha value is -1.67. The normalized spacial score (nSPS) is 20.7. The van der Waals surface area contributed by atoms with E-state index < -0.39 is 10.8 Å². The average Bonchev–Trinajstić information content (AvgIpc) is 2.55. The molecule has 0 bridgehead atoms. The molecule has 0 radical (unpaired) electrons. The highest BCUT2D eigenvalue weighted by Gasteiger charge is 2.27. The van der Waals surface area contributed by atoms with Crippen LogP contribution >= 0.6 is 0 Å². The predicted molar refractivity (Wildman–Crippen MR) is 85.0 cm³/mol. The van der Waals surface area contributed by atoms with Crippen molar-refractivity contribution in [3.8, 4) is 0 Å². The summed E-state index contributed by atoms with van der Waals surface area (Å²) in [5.41, 5.74) is 3.40. The van der Waals surface area contributed by atoms with Crippen LogP contribution in [0.3, 0.4) is 0 Å². The first-order valence-corrected chi connectivity index (χ1v) is 8.15. The largest absolute Gasteiger partial charge is 0.254 e. The summed E-state index contributed by atoms with van der Waals surface area (Å²) in [5, 5.41) is 0. The summed E-state index contributed by atoms with van der Waals surface area (Å²) in [7, 11) is -0.948. The molecule has 2 aromatic carbocycles. The van der Waals surface area contributed by atoms with Gasteiger partial charge in [0.05, 0.1) is 10.8 Å². The second-order valence-corrected chi connectivity index (χ2v) is 7.32. The molecule has 0 spiro atoms. The van der Waals surface area contributed by atoms with Crippen LogP contribution in [0, 0.1) is 5.41 Å². The summed E-state index contributed by atoms with van der Waals surface area (Å²) in [6, 6.07) is 18.4.